The first-order valence-corrected chi connectivity index (χ1v) is 11.6. The second-order valence-electron chi connectivity index (χ2n) is 7.40. The fraction of sp³-hybridized carbons (Fsp3) is 0.250. The molecule has 0 bridgehead atoms. The number of para-hydroxylation sites is 2. The van der Waals surface area contributed by atoms with Crippen LogP contribution in [0, 0.1) is 6.92 Å². The van der Waals surface area contributed by atoms with Crippen LogP contribution in [0.3, 0.4) is 0 Å². The minimum Gasteiger partial charge on any atom is -0.496 e. The van der Waals surface area contributed by atoms with Crippen molar-refractivity contribution in [2.24, 2.45) is 0 Å². The van der Waals surface area contributed by atoms with E-state index in [9.17, 15) is 9.59 Å². The first-order valence-electron chi connectivity index (χ1n) is 10.6. The number of benzene rings is 2. The molecule has 0 aliphatic rings. The van der Waals surface area contributed by atoms with Crippen LogP contribution >= 0.6 is 11.8 Å². The Morgan fingerprint density at radius 2 is 1.85 bits per heavy atom. The van der Waals surface area contributed by atoms with Gasteiger partial charge in [0.2, 0.25) is 5.91 Å². The van der Waals surface area contributed by atoms with Crippen LogP contribution in [0.5, 0.6) is 5.75 Å². The molecule has 4 rings (SSSR count). The van der Waals surface area contributed by atoms with Gasteiger partial charge in [-0.2, -0.15) is 5.10 Å². The molecule has 1 N–H and O–H groups in total. The molecule has 0 radical (unpaired) electrons. The number of rotatable bonds is 8. The third kappa shape index (κ3) is 4.78. The third-order valence-electron chi connectivity index (χ3n) is 5.19. The van der Waals surface area contributed by atoms with E-state index in [2.05, 4.69) is 10.4 Å². The molecule has 33 heavy (non-hydrogen) atoms. The Bertz CT molecular complexity index is 1350. The lowest BCUT2D eigenvalue weighted by atomic mass is 10.2. The molecule has 170 valence electrons. The Hall–Kier alpha value is -3.59. The number of methoxy groups -OCH3 is 1. The van der Waals surface area contributed by atoms with E-state index in [-0.39, 0.29) is 23.8 Å². The van der Waals surface area contributed by atoms with Gasteiger partial charge in [0.25, 0.3) is 5.56 Å². The Morgan fingerprint density at radius 1 is 1.12 bits per heavy atom. The van der Waals surface area contributed by atoms with E-state index in [1.807, 2.05) is 68.4 Å². The van der Waals surface area contributed by atoms with Crippen LogP contribution in [0.2, 0.25) is 0 Å². The highest BCUT2D eigenvalue weighted by Crippen LogP contribution is 2.24. The van der Waals surface area contributed by atoms with Crippen molar-refractivity contribution in [3.8, 4) is 5.75 Å². The Kier molecular flexibility index (Phi) is 6.79. The van der Waals surface area contributed by atoms with Crippen molar-refractivity contribution < 1.29 is 9.53 Å². The summed E-state index contributed by atoms with van der Waals surface area (Å²) in [7, 11) is 1.60. The summed E-state index contributed by atoms with van der Waals surface area (Å²) in [5.41, 5.74) is 3.08. The molecule has 0 saturated heterocycles. The number of nitrogens with zero attached hydrogens (tertiary/aromatic N) is 4. The number of hydrogen-bond acceptors (Lipinski definition) is 6. The van der Waals surface area contributed by atoms with Gasteiger partial charge in [-0.05, 0) is 32.0 Å². The van der Waals surface area contributed by atoms with E-state index in [1.165, 1.54) is 11.8 Å². The number of hydrogen-bond donors (Lipinski definition) is 1. The molecular weight excluding hydrogens is 438 g/mol. The van der Waals surface area contributed by atoms with Gasteiger partial charge in [-0.15, -0.1) is 0 Å². The first-order chi connectivity index (χ1) is 16.0. The van der Waals surface area contributed by atoms with Gasteiger partial charge in [0.05, 0.1) is 25.1 Å². The molecule has 2 aromatic heterocycles. The molecule has 0 aliphatic carbocycles. The molecule has 0 fully saturated rings. The summed E-state index contributed by atoms with van der Waals surface area (Å²) in [5.74, 6) is 0.618. The summed E-state index contributed by atoms with van der Waals surface area (Å²) in [4.78, 5) is 30.9. The minimum atomic E-state index is -0.195. The summed E-state index contributed by atoms with van der Waals surface area (Å²) in [6.07, 6.45) is 0. The second kappa shape index (κ2) is 9.91. The fourth-order valence-electron chi connectivity index (χ4n) is 3.62. The number of fused-ring (bicyclic) bond motifs is 1. The lowest BCUT2D eigenvalue weighted by Gasteiger charge is -2.14. The van der Waals surface area contributed by atoms with Gasteiger partial charge in [-0.3, -0.25) is 18.8 Å². The number of thioether (sulfide) groups is 1. The Balaban J connectivity index is 1.72. The maximum atomic E-state index is 13.6. The number of nitrogens with one attached hydrogen (secondary N) is 1. The molecule has 0 atom stereocenters. The van der Waals surface area contributed by atoms with Gasteiger partial charge >= 0.3 is 0 Å². The summed E-state index contributed by atoms with van der Waals surface area (Å²) in [6, 6.07) is 16.8. The van der Waals surface area contributed by atoms with Gasteiger partial charge in [-0.1, -0.05) is 48.2 Å². The molecule has 0 saturated carbocycles. The highest BCUT2D eigenvalue weighted by Gasteiger charge is 2.20. The Morgan fingerprint density at radius 3 is 2.58 bits per heavy atom. The van der Waals surface area contributed by atoms with E-state index < -0.39 is 0 Å². The van der Waals surface area contributed by atoms with Crippen molar-refractivity contribution in [1.82, 2.24) is 19.3 Å². The van der Waals surface area contributed by atoms with Crippen molar-refractivity contribution >= 4 is 34.4 Å². The average Bonchev–Trinajstić information content (AvgIpc) is 3.16. The molecule has 1 amide bonds. The number of carbonyl (C=O) groups excluding carboxylic acids is 1. The van der Waals surface area contributed by atoms with Crippen molar-refractivity contribution in [1.29, 1.82) is 0 Å². The van der Waals surface area contributed by atoms with Crippen LogP contribution in [-0.4, -0.2) is 38.1 Å². The molecular formula is C24H25N5O3S. The van der Waals surface area contributed by atoms with E-state index >= 15 is 0 Å². The molecule has 2 aromatic carbocycles. The highest BCUT2D eigenvalue weighted by molar-refractivity contribution is 7.99. The zero-order chi connectivity index (χ0) is 23.4. The van der Waals surface area contributed by atoms with Crippen LogP contribution < -0.4 is 15.6 Å². The molecule has 0 spiro atoms. The van der Waals surface area contributed by atoms with E-state index in [4.69, 9.17) is 9.72 Å². The number of aromatic nitrogens is 4. The highest BCUT2D eigenvalue weighted by atomic mass is 32.2. The minimum absolute atomic E-state index is 0.111. The largest absolute Gasteiger partial charge is 0.496 e. The molecule has 2 heterocycles. The SMILES string of the molecule is CCn1nc(C)c2nc(SCC(=O)Nc3ccccc3)n(Cc3ccccc3OC)c(=O)c21. The van der Waals surface area contributed by atoms with Gasteiger partial charge < -0.3 is 10.1 Å². The molecule has 4 aromatic rings. The first kappa shape index (κ1) is 22.6. The van der Waals surface area contributed by atoms with Crippen LogP contribution in [-0.2, 0) is 17.9 Å². The van der Waals surface area contributed by atoms with Crippen LogP contribution in [0.4, 0.5) is 5.69 Å². The van der Waals surface area contributed by atoms with E-state index in [0.29, 0.717) is 34.2 Å². The molecule has 8 nitrogen and oxygen atoms in total. The van der Waals surface area contributed by atoms with Gasteiger partial charge in [0.1, 0.15) is 11.3 Å². The summed E-state index contributed by atoms with van der Waals surface area (Å²) in [6.45, 7) is 4.60. The smallest absolute Gasteiger partial charge is 0.280 e. The predicted molar refractivity (Wildman–Crippen MR) is 130 cm³/mol. The standard InChI is InChI=1S/C24H25N5O3S/c1-4-29-22-21(16(2)27-29)26-24(33-15-20(30)25-18-11-6-5-7-12-18)28(23(22)31)14-17-10-8-9-13-19(17)32-3/h5-13H,4,14-15H2,1-3H3,(H,25,30). The van der Waals surface area contributed by atoms with E-state index in [0.717, 1.165) is 11.3 Å². The zero-order valence-electron chi connectivity index (χ0n) is 18.7. The normalized spacial score (nSPS) is 11.0. The fourth-order valence-corrected chi connectivity index (χ4v) is 4.41. The number of aryl methyl sites for hydroxylation is 2. The summed E-state index contributed by atoms with van der Waals surface area (Å²) in [5, 5.41) is 7.79. The van der Waals surface area contributed by atoms with Crippen molar-refractivity contribution in [2.45, 2.75) is 32.1 Å². The Labute approximate surface area is 195 Å². The van der Waals surface area contributed by atoms with E-state index in [1.54, 1.807) is 16.4 Å². The number of carbonyl (C=O) groups is 1. The summed E-state index contributed by atoms with van der Waals surface area (Å²) < 4.78 is 8.74. The van der Waals surface area contributed by atoms with Gasteiger partial charge in [0, 0.05) is 17.8 Å². The van der Waals surface area contributed by atoms with Crippen LogP contribution in [0.1, 0.15) is 18.2 Å². The topological polar surface area (TPSA) is 91.0 Å². The van der Waals surface area contributed by atoms with Crippen LogP contribution in [0.15, 0.2) is 64.5 Å². The van der Waals surface area contributed by atoms with Gasteiger partial charge in [0.15, 0.2) is 10.7 Å². The second-order valence-corrected chi connectivity index (χ2v) is 8.34. The van der Waals surface area contributed by atoms with Crippen molar-refractivity contribution in [3.05, 3.63) is 76.2 Å². The maximum Gasteiger partial charge on any atom is 0.280 e. The molecule has 9 heteroatoms. The predicted octanol–water partition coefficient (Wildman–Crippen LogP) is 3.71. The monoisotopic (exact) mass is 463 g/mol. The van der Waals surface area contributed by atoms with Crippen LogP contribution in [0.25, 0.3) is 11.0 Å². The summed E-state index contributed by atoms with van der Waals surface area (Å²) >= 11 is 1.22. The van der Waals surface area contributed by atoms with Crippen molar-refractivity contribution in [3.63, 3.8) is 0 Å². The third-order valence-corrected chi connectivity index (χ3v) is 6.17. The van der Waals surface area contributed by atoms with Crippen molar-refractivity contribution in [2.75, 3.05) is 18.2 Å². The zero-order valence-corrected chi connectivity index (χ0v) is 19.6. The average molecular weight is 464 g/mol. The lowest BCUT2D eigenvalue weighted by molar-refractivity contribution is -0.113. The molecule has 0 aliphatic heterocycles. The molecule has 0 unspecified atom stereocenters. The number of ether oxygens (including phenoxy) is 1. The quantitative estimate of drug-likeness (QED) is 0.316. The number of anilines is 1. The lowest BCUT2D eigenvalue weighted by Crippen LogP contribution is -2.26. The maximum absolute atomic E-state index is 13.6. The number of amides is 1. The van der Waals surface area contributed by atoms with Gasteiger partial charge in [-0.25, -0.2) is 4.98 Å².